The van der Waals surface area contributed by atoms with Gasteiger partial charge in [-0.1, -0.05) is 153 Å². The molecule has 0 aromatic heterocycles. The second-order valence-corrected chi connectivity index (χ2v) is 31.6. The van der Waals surface area contributed by atoms with Crippen molar-refractivity contribution in [1.29, 1.82) is 0 Å². The van der Waals surface area contributed by atoms with Crippen molar-refractivity contribution in [2.75, 3.05) is 0 Å². The Kier molecular flexibility index (Phi) is 28.3. The summed E-state index contributed by atoms with van der Waals surface area (Å²) in [5, 5.41) is 0. The molecule has 0 radical (unpaired) electrons. The average molecular weight is 1590 g/mol. The predicted molar refractivity (Wildman–Crippen MR) is 368 cm³/mol. The van der Waals surface area contributed by atoms with Crippen molar-refractivity contribution in [3.8, 4) is 22.3 Å². The molecule has 0 spiro atoms. The van der Waals surface area contributed by atoms with E-state index in [0.29, 0.717) is 0 Å². The van der Waals surface area contributed by atoms with Gasteiger partial charge in [-0.15, -0.1) is 24.0 Å². The third kappa shape index (κ3) is 21.4. The molecule has 0 fully saturated rings. The molecular weight excluding hydrogens is 1510 g/mol. The molecule has 440 valence electrons. The fourth-order valence-electron chi connectivity index (χ4n) is 9.45. The number of halogens is 6. The smallest absolute Gasteiger partial charge is 0.0132 e. The van der Waals surface area contributed by atoms with E-state index >= 15 is 0 Å². The van der Waals surface area contributed by atoms with Gasteiger partial charge in [0.25, 0.3) is 0 Å². The van der Waals surface area contributed by atoms with Crippen molar-refractivity contribution >= 4 is 70.1 Å². The maximum Gasteiger partial charge on any atom is -0.0132 e. The van der Waals surface area contributed by atoms with Gasteiger partial charge in [0.15, 0.2) is 0 Å². The van der Waals surface area contributed by atoms with Crippen molar-refractivity contribution in [2.24, 2.45) is 0 Å². The maximum atomic E-state index is 3.53. The van der Waals surface area contributed by atoms with E-state index in [-0.39, 0.29) is 46.5 Å². The molecule has 0 bridgehead atoms. The van der Waals surface area contributed by atoms with Crippen LogP contribution >= 0.6 is 63.7 Å². The average Bonchev–Trinajstić information content (AvgIpc) is 1.75. The standard InChI is InChI=1S/2C21H25.2C13H8Br2.2C5H5.2ClH.2Zr/c2*1-20(2,3)16-9-7-14-11-15-8-10-17(21(4,5)6)13-19(15)18(14)12-16;2*14-12-5-1-10(2-6-12)9-11-3-7-13(15)8-4-11;2*1-2-4-5-3-1;;;;/h2*7,9-10,12-13H,11H2,1-6H3;2*1-8H;2*1-3H,4H2;2*1H;;/q2*-1;;;2*-1;;;2*+2/p-2. The van der Waals surface area contributed by atoms with E-state index in [1.165, 1.54) is 144 Å². The minimum absolute atomic E-state index is 0. The summed E-state index contributed by atoms with van der Waals surface area (Å²) in [6.07, 6.45) is 22.1. The first-order chi connectivity index (χ1) is 39.6. The molecule has 0 saturated carbocycles. The van der Waals surface area contributed by atoms with Crippen LogP contribution in [0, 0.1) is 24.3 Å². The number of benzene rings is 8. The van der Waals surface area contributed by atoms with Gasteiger partial charge in [0.2, 0.25) is 0 Å². The van der Waals surface area contributed by atoms with E-state index in [1.807, 2.05) is 24.3 Å². The molecule has 0 saturated heterocycles. The fraction of sp³-hybridized carbons (Fsp3) is 0.256. The van der Waals surface area contributed by atoms with Crippen LogP contribution < -0.4 is 24.8 Å². The summed E-state index contributed by atoms with van der Waals surface area (Å²) in [4.78, 5) is 0. The van der Waals surface area contributed by atoms with E-state index in [4.69, 9.17) is 0 Å². The number of allylic oxidation sites excluding steroid dienone is 8. The maximum absolute atomic E-state index is 3.53. The molecule has 12 rings (SSSR count). The van der Waals surface area contributed by atoms with Crippen molar-refractivity contribution in [1.82, 2.24) is 0 Å². The molecule has 0 amide bonds. The van der Waals surface area contributed by atoms with Crippen molar-refractivity contribution in [2.45, 2.75) is 130 Å². The summed E-state index contributed by atoms with van der Waals surface area (Å²) >= 11 is 16.7. The van der Waals surface area contributed by atoms with E-state index in [2.05, 4.69) is 341 Å². The summed E-state index contributed by atoms with van der Waals surface area (Å²) in [6, 6.07) is 64.0. The Morgan fingerprint density at radius 3 is 0.849 bits per heavy atom. The SMILES string of the molecule is Brc1ccc([C](=[Zr+2])c2ccc(Br)cc2)cc1.Brc1ccc([C](=[Zr+2])c2ccc(Br)cc2)cc1.CC(C)(C)c1c[c-]c2c(c1)-c1cc(C(C)(C)C)ccc1C2.CC(C)(C)c1c[c-]c2c(c1)-c1cc(C(C)(C)C)ccc1C2.[C-]1=CC=CC1.[C-]1=CC=CC1.[Cl-].[Cl-]. The Morgan fingerprint density at radius 2 is 0.628 bits per heavy atom. The summed E-state index contributed by atoms with van der Waals surface area (Å²) in [5.74, 6) is 0. The molecule has 0 atom stereocenters. The molecule has 0 nitrogen and oxygen atoms in total. The Hall–Kier alpha value is -3.27. The summed E-state index contributed by atoms with van der Waals surface area (Å²) in [7, 11) is 0. The molecule has 0 unspecified atom stereocenters. The molecule has 8 aromatic carbocycles. The second kappa shape index (κ2) is 33.2. The van der Waals surface area contributed by atoms with Gasteiger partial charge in [0.05, 0.1) is 0 Å². The van der Waals surface area contributed by atoms with Gasteiger partial charge in [-0.2, -0.15) is 70.8 Å². The Morgan fingerprint density at radius 1 is 0.360 bits per heavy atom. The molecule has 86 heavy (non-hydrogen) atoms. The topological polar surface area (TPSA) is 0 Å². The van der Waals surface area contributed by atoms with Crippen molar-refractivity contribution in [3.63, 3.8) is 0 Å². The molecule has 8 heteroatoms. The molecule has 0 aliphatic heterocycles. The Labute approximate surface area is 592 Å². The van der Waals surface area contributed by atoms with Crippen molar-refractivity contribution in [3.05, 3.63) is 303 Å². The minimum atomic E-state index is 0. The molecule has 4 aliphatic carbocycles. The molecule has 4 aliphatic rings. The number of rotatable bonds is 4. The number of hydrogen-bond acceptors (Lipinski definition) is 0. The third-order valence-electron chi connectivity index (χ3n) is 14.8. The first kappa shape index (κ1) is 73.5. The summed E-state index contributed by atoms with van der Waals surface area (Å²) in [6.45, 7) is 27.3. The number of hydrogen-bond donors (Lipinski definition) is 0. The normalized spacial score (nSPS) is 12.7. The van der Waals surface area contributed by atoms with Gasteiger partial charge in [0, 0.05) is 0 Å². The first-order valence-electron chi connectivity index (χ1n) is 28.7. The van der Waals surface area contributed by atoms with Gasteiger partial charge in [0.1, 0.15) is 0 Å². The fourth-order valence-corrected chi connectivity index (χ4v) is 12.1. The van der Waals surface area contributed by atoms with E-state index in [9.17, 15) is 0 Å². The van der Waals surface area contributed by atoms with Crippen LogP contribution in [0.1, 0.15) is 163 Å². The van der Waals surface area contributed by atoms with E-state index in [1.54, 1.807) is 0 Å². The quantitative estimate of drug-likeness (QED) is 0.154. The largest absolute Gasteiger partial charge is 1.00 e. The van der Waals surface area contributed by atoms with Crippen LogP contribution in [0.3, 0.4) is 0 Å². The second-order valence-electron chi connectivity index (χ2n) is 25.4. The Bertz CT molecular complexity index is 3210. The number of fused-ring (bicyclic) bond motifs is 6. The van der Waals surface area contributed by atoms with Crippen LogP contribution in [-0.2, 0) is 83.0 Å². The predicted octanol–water partition coefficient (Wildman–Crippen LogP) is 16.6. The van der Waals surface area contributed by atoms with E-state index < -0.39 is 0 Å². The van der Waals surface area contributed by atoms with Crippen LogP contribution in [0.25, 0.3) is 22.3 Å². The van der Waals surface area contributed by atoms with Gasteiger partial charge in [-0.25, -0.2) is 24.3 Å². The van der Waals surface area contributed by atoms with Gasteiger partial charge < -0.3 is 24.8 Å². The molecule has 8 aromatic rings. The first-order valence-corrected chi connectivity index (χ1v) is 34.3. The van der Waals surface area contributed by atoms with Crippen LogP contribution in [0.15, 0.2) is 212 Å². The van der Waals surface area contributed by atoms with Gasteiger partial charge >= 0.3 is 256 Å². The third-order valence-corrected chi connectivity index (χ3v) is 19.7. The van der Waals surface area contributed by atoms with Crippen molar-refractivity contribution < 1.29 is 73.3 Å². The van der Waals surface area contributed by atoms with Crippen LogP contribution in [0.4, 0.5) is 0 Å². The summed E-state index contributed by atoms with van der Waals surface area (Å²) < 4.78 is 7.25. The Balaban J connectivity index is 0.000000198. The zero-order valence-electron chi connectivity index (χ0n) is 51.6. The van der Waals surface area contributed by atoms with Crippen LogP contribution in [0.2, 0.25) is 0 Å². The zero-order valence-corrected chi connectivity index (χ0v) is 64.3. The zero-order chi connectivity index (χ0) is 61.0. The van der Waals surface area contributed by atoms with E-state index in [0.717, 1.165) is 43.6 Å². The molecule has 0 heterocycles. The van der Waals surface area contributed by atoms with Crippen LogP contribution in [0.5, 0.6) is 0 Å². The monoisotopic (exact) mass is 1580 g/mol. The molecule has 0 N–H and O–H groups in total. The van der Waals surface area contributed by atoms with Gasteiger partial charge in [-0.3, -0.25) is 12.2 Å². The minimum Gasteiger partial charge on any atom is -1.00 e. The molecular formula is C78H76Br4Cl2Zr2-2. The van der Waals surface area contributed by atoms with Crippen LogP contribution in [-0.4, -0.2) is 6.41 Å². The summed E-state index contributed by atoms with van der Waals surface area (Å²) in [5.41, 5.74) is 22.7. The van der Waals surface area contributed by atoms with Gasteiger partial charge in [-0.05, 0) is 34.8 Å².